The topological polar surface area (TPSA) is 55.0 Å². The summed E-state index contributed by atoms with van der Waals surface area (Å²) in [6.07, 6.45) is 4.05. The van der Waals surface area contributed by atoms with E-state index in [0.717, 1.165) is 5.69 Å². The second kappa shape index (κ2) is 3.75. The van der Waals surface area contributed by atoms with Crippen LogP contribution in [0.1, 0.15) is 12.6 Å². The van der Waals surface area contributed by atoms with Crippen molar-refractivity contribution in [1.29, 1.82) is 0 Å². The van der Waals surface area contributed by atoms with E-state index >= 15 is 0 Å². The Hall–Kier alpha value is -1.32. The van der Waals surface area contributed by atoms with Gasteiger partial charge in [0.25, 0.3) is 0 Å². The summed E-state index contributed by atoms with van der Waals surface area (Å²) in [7, 11) is 0. The summed E-state index contributed by atoms with van der Waals surface area (Å²) >= 11 is 0. The fourth-order valence-corrected chi connectivity index (χ4v) is 0.727. The van der Waals surface area contributed by atoms with Crippen molar-refractivity contribution in [1.82, 2.24) is 9.97 Å². The standard InChI is InChI=1S/C7H10N2O2/c1-6(10)11-3-2-7-4-8-5-9-7/h4-5H,2-3H2,1H3,(H,8,9). The monoisotopic (exact) mass is 154 g/mol. The Morgan fingerprint density at radius 3 is 3.18 bits per heavy atom. The molecule has 4 nitrogen and oxygen atoms in total. The predicted molar refractivity (Wildman–Crippen MR) is 38.9 cm³/mol. The van der Waals surface area contributed by atoms with Gasteiger partial charge in [0, 0.05) is 19.5 Å². The fourth-order valence-electron chi connectivity index (χ4n) is 0.727. The third kappa shape index (κ3) is 2.84. The molecule has 0 saturated carbocycles. The molecule has 11 heavy (non-hydrogen) atoms. The van der Waals surface area contributed by atoms with Gasteiger partial charge in [-0.25, -0.2) is 4.98 Å². The van der Waals surface area contributed by atoms with Crippen LogP contribution < -0.4 is 0 Å². The lowest BCUT2D eigenvalue weighted by Gasteiger charge is -1.97. The van der Waals surface area contributed by atoms with E-state index in [-0.39, 0.29) is 5.97 Å². The van der Waals surface area contributed by atoms with Gasteiger partial charge in [0.2, 0.25) is 0 Å². The van der Waals surface area contributed by atoms with E-state index in [1.165, 1.54) is 6.92 Å². The number of esters is 1. The molecular formula is C7H10N2O2. The number of ether oxygens (including phenoxy) is 1. The van der Waals surface area contributed by atoms with Crippen molar-refractivity contribution in [3.63, 3.8) is 0 Å². The number of H-pyrrole nitrogens is 1. The normalized spacial score (nSPS) is 9.55. The van der Waals surface area contributed by atoms with Crippen molar-refractivity contribution in [3.05, 3.63) is 18.2 Å². The largest absolute Gasteiger partial charge is 0.465 e. The molecule has 4 heteroatoms. The highest BCUT2D eigenvalue weighted by atomic mass is 16.5. The van der Waals surface area contributed by atoms with Crippen LogP contribution in [-0.4, -0.2) is 22.5 Å². The fraction of sp³-hybridized carbons (Fsp3) is 0.429. The molecule has 1 aromatic heterocycles. The summed E-state index contributed by atoms with van der Waals surface area (Å²) in [5.74, 6) is -0.250. The third-order valence-electron chi connectivity index (χ3n) is 1.22. The quantitative estimate of drug-likeness (QED) is 0.645. The Bertz CT molecular complexity index is 218. The molecule has 0 fully saturated rings. The first-order chi connectivity index (χ1) is 5.29. The second-order valence-electron chi connectivity index (χ2n) is 2.15. The third-order valence-corrected chi connectivity index (χ3v) is 1.22. The molecule has 1 N–H and O–H groups in total. The zero-order valence-corrected chi connectivity index (χ0v) is 6.33. The lowest BCUT2D eigenvalue weighted by molar-refractivity contribution is -0.140. The molecule has 0 spiro atoms. The number of hydrogen-bond donors (Lipinski definition) is 1. The summed E-state index contributed by atoms with van der Waals surface area (Å²) in [5, 5.41) is 0. The average Bonchev–Trinajstić information content (AvgIpc) is 2.39. The first-order valence-electron chi connectivity index (χ1n) is 3.40. The Labute approximate surface area is 64.6 Å². The van der Waals surface area contributed by atoms with Gasteiger partial charge < -0.3 is 9.72 Å². The zero-order valence-electron chi connectivity index (χ0n) is 6.33. The van der Waals surface area contributed by atoms with Gasteiger partial charge in [0.05, 0.1) is 18.6 Å². The Kier molecular flexibility index (Phi) is 2.66. The van der Waals surface area contributed by atoms with Gasteiger partial charge in [-0.15, -0.1) is 0 Å². The molecule has 0 saturated heterocycles. The Morgan fingerprint density at radius 1 is 1.82 bits per heavy atom. The summed E-state index contributed by atoms with van der Waals surface area (Å²) in [5.41, 5.74) is 0.909. The van der Waals surface area contributed by atoms with E-state index in [9.17, 15) is 4.79 Å². The minimum absolute atomic E-state index is 0.250. The molecule has 0 amide bonds. The van der Waals surface area contributed by atoms with Crippen LogP contribution in [0.15, 0.2) is 12.5 Å². The smallest absolute Gasteiger partial charge is 0.302 e. The number of aromatic amines is 1. The van der Waals surface area contributed by atoms with Gasteiger partial charge >= 0.3 is 5.97 Å². The van der Waals surface area contributed by atoms with Crippen LogP contribution in [0, 0.1) is 0 Å². The van der Waals surface area contributed by atoms with Crippen molar-refractivity contribution >= 4 is 5.97 Å². The van der Waals surface area contributed by atoms with Gasteiger partial charge in [-0.1, -0.05) is 0 Å². The van der Waals surface area contributed by atoms with E-state index in [1.54, 1.807) is 12.5 Å². The van der Waals surface area contributed by atoms with Gasteiger partial charge in [-0.05, 0) is 0 Å². The number of hydrogen-bond acceptors (Lipinski definition) is 3. The average molecular weight is 154 g/mol. The van der Waals surface area contributed by atoms with Crippen LogP contribution in [0.3, 0.4) is 0 Å². The molecule has 1 rings (SSSR count). The van der Waals surface area contributed by atoms with Crippen molar-refractivity contribution < 1.29 is 9.53 Å². The molecule has 0 radical (unpaired) electrons. The van der Waals surface area contributed by atoms with Crippen LogP contribution in [0.25, 0.3) is 0 Å². The van der Waals surface area contributed by atoms with Crippen molar-refractivity contribution in [2.45, 2.75) is 13.3 Å². The predicted octanol–water partition coefficient (Wildman–Crippen LogP) is 0.515. The van der Waals surface area contributed by atoms with E-state index < -0.39 is 0 Å². The van der Waals surface area contributed by atoms with Crippen molar-refractivity contribution in [3.8, 4) is 0 Å². The Balaban J connectivity index is 2.19. The molecule has 1 aromatic rings. The van der Waals surface area contributed by atoms with E-state index in [1.807, 2.05) is 0 Å². The number of aromatic nitrogens is 2. The molecule has 60 valence electrons. The van der Waals surface area contributed by atoms with E-state index in [0.29, 0.717) is 13.0 Å². The molecule has 0 aliphatic rings. The van der Waals surface area contributed by atoms with E-state index in [4.69, 9.17) is 4.74 Å². The number of nitrogens with zero attached hydrogens (tertiary/aromatic N) is 1. The van der Waals surface area contributed by atoms with Crippen LogP contribution in [0.5, 0.6) is 0 Å². The minimum Gasteiger partial charge on any atom is -0.465 e. The second-order valence-corrected chi connectivity index (χ2v) is 2.15. The zero-order chi connectivity index (χ0) is 8.10. The molecule has 0 aromatic carbocycles. The number of carbonyl (C=O) groups excluding carboxylic acids is 1. The molecule has 0 atom stereocenters. The van der Waals surface area contributed by atoms with Crippen LogP contribution >= 0.6 is 0 Å². The number of nitrogens with one attached hydrogen (secondary N) is 1. The van der Waals surface area contributed by atoms with Gasteiger partial charge in [0.1, 0.15) is 0 Å². The van der Waals surface area contributed by atoms with Crippen LogP contribution in [-0.2, 0) is 16.0 Å². The highest BCUT2D eigenvalue weighted by molar-refractivity contribution is 5.65. The summed E-state index contributed by atoms with van der Waals surface area (Å²) in [6.45, 7) is 1.80. The van der Waals surface area contributed by atoms with Crippen LogP contribution in [0.4, 0.5) is 0 Å². The van der Waals surface area contributed by atoms with Gasteiger partial charge in [-0.3, -0.25) is 4.79 Å². The minimum atomic E-state index is -0.250. The van der Waals surface area contributed by atoms with E-state index in [2.05, 4.69) is 9.97 Å². The molecule has 1 heterocycles. The summed E-state index contributed by atoms with van der Waals surface area (Å²) in [4.78, 5) is 17.1. The first kappa shape index (κ1) is 7.78. The maximum atomic E-state index is 10.3. The van der Waals surface area contributed by atoms with Crippen molar-refractivity contribution in [2.24, 2.45) is 0 Å². The lowest BCUT2D eigenvalue weighted by atomic mass is 10.3. The molecule has 0 aliphatic carbocycles. The highest BCUT2D eigenvalue weighted by Crippen LogP contribution is 1.92. The number of rotatable bonds is 3. The molecule has 0 bridgehead atoms. The lowest BCUT2D eigenvalue weighted by Crippen LogP contribution is -2.03. The SMILES string of the molecule is CC(=O)OCCc1c[nH]cn1. The first-order valence-corrected chi connectivity index (χ1v) is 3.40. The summed E-state index contributed by atoms with van der Waals surface area (Å²) in [6, 6.07) is 0. The number of carbonyl (C=O) groups is 1. The summed E-state index contributed by atoms with van der Waals surface area (Å²) < 4.78 is 4.72. The maximum Gasteiger partial charge on any atom is 0.302 e. The molecule has 0 unspecified atom stereocenters. The molecular weight excluding hydrogens is 144 g/mol. The van der Waals surface area contributed by atoms with Gasteiger partial charge in [-0.2, -0.15) is 0 Å². The molecule has 0 aliphatic heterocycles. The highest BCUT2D eigenvalue weighted by Gasteiger charge is 1.95. The van der Waals surface area contributed by atoms with Crippen LogP contribution in [0.2, 0.25) is 0 Å². The van der Waals surface area contributed by atoms with Crippen molar-refractivity contribution in [2.75, 3.05) is 6.61 Å². The van der Waals surface area contributed by atoms with Gasteiger partial charge in [0.15, 0.2) is 0 Å². The Morgan fingerprint density at radius 2 is 2.64 bits per heavy atom. The maximum absolute atomic E-state index is 10.3. The number of imidazole rings is 1.